The maximum Gasteiger partial charge on any atom is 0.247 e. The molecule has 0 aromatic heterocycles. The molecule has 1 unspecified atom stereocenters. The lowest BCUT2D eigenvalue weighted by atomic mass is 10.0. The predicted octanol–water partition coefficient (Wildman–Crippen LogP) is 3.06. The van der Waals surface area contributed by atoms with Gasteiger partial charge in [-0.25, -0.2) is 0 Å². The van der Waals surface area contributed by atoms with Gasteiger partial charge in [0, 0.05) is 12.2 Å². The van der Waals surface area contributed by atoms with Crippen LogP contribution in [0.3, 0.4) is 0 Å². The SMILES string of the molecule is Cc1ccc(NC(=O)CC2C(=O)Nc3ccccc3N2CCC#N)cc1. The number of carbonyl (C=O) groups excluding carboxylic acids is 2. The second kappa shape index (κ2) is 7.70. The molecule has 2 aromatic rings. The first-order valence-electron chi connectivity index (χ1n) is 8.48. The van der Waals surface area contributed by atoms with Crippen LogP contribution in [0, 0.1) is 18.3 Å². The maximum absolute atomic E-state index is 12.5. The van der Waals surface area contributed by atoms with E-state index in [0.717, 1.165) is 11.3 Å². The fraction of sp³-hybridized carbons (Fsp3) is 0.250. The summed E-state index contributed by atoms with van der Waals surface area (Å²) in [6, 6.07) is 16.4. The number of nitrogens with zero attached hydrogens (tertiary/aromatic N) is 2. The number of amides is 2. The van der Waals surface area contributed by atoms with E-state index in [4.69, 9.17) is 5.26 Å². The molecule has 6 nitrogen and oxygen atoms in total. The molecule has 3 rings (SSSR count). The van der Waals surface area contributed by atoms with Crippen molar-refractivity contribution in [3.05, 3.63) is 54.1 Å². The molecule has 1 aliphatic rings. The van der Waals surface area contributed by atoms with Gasteiger partial charge in [0.2, 0.25) is 11.8 Å². The van der Waals surface area contributed by atoms with E-state index in [9.17, 15) is 9.59 Å². The highest BCUT2D eigenvalue weighted by atomic mass is 16.2. The van der Waals surface area contributed by atoms with Gasteiger partial charge in [-0.1, -0.05) is 29.8 Å². The lowest BCUT2D eigenvalue weighted by molar-refractivity contribution is -0.122. The Balaban J connectivity index is 1.78. The molecule has 0 fully saturated rings. The molecule has 2 aromatic carbocycles. The fourth-order valence-corrected chi connectivity index (χ4v) is 3.03. The minimum atomic E-state index is -0.649. The minimum absolute atomic E-state index is 0.0134. The van der Waals surface area contributed by atoms with E-state index >= 15 is 0 Å². The zero-order valence-electron chi connectivity index (χ0n) is 14.5. The Kier molecular flexibility index (Phi) is 5.18. The summed E-state index contributed by atoms with van der Waals surface area (Å²) in [5.74, 6) is -0.476. The van der Waals surface area contributed by atoms with E-state index in [1.807, 2.05) is 60.4 Å². The topological polar surface area (TPSA) is 85.2 Å². The van der Waals surface area contributed by atoms with Crippen molar-refractivity contribution in [2.75, 3.05) is 22.1 Å². The van der Waals surface area contributed by atoms with Crippen LogP contribution in [0.5, 0.6) is 0 Å². The summed E-state index contributed by atoms with van der Waals surface area (Å²) in [7, 11) is 0. The summed E-state index contributed by atoms with van der Waals surface area (Å²) < 4.78 is 0. The molecular formula is C20H20N4O2. The zero-order valence-corrected chi connectivity index (χ0v) is 14.5. The van der Waals surface area contributed by atoms with E-state index in [1.54, 1.807) is 0 Å². The lowest BCUT2D eigenvalue weighted by Crippen LogP contribution is -2.50. The molecule has 0 spiro atoms. The van der Waals surface area contributed by atoms with Crippen LogP contribution in [0.4, 0.5) is 17.1 Å². The second-order valence-electron chi connectivity index (χ2n) is 6.24. The third-order valence-corrected chi connectivity index (χ3v) is 4.33. The molecule has 0 saturated carbocycles. The number of hydrogen-bond donors (Lipinski definition) is 2. The Bertz CT molecular complexity index is 855. The average molecular weight is 348 g/mol. The number of nitriles is 1. The fourth-order valence-electron chi connectivity index (χ4n) is 3.03. The van der Waals surface area contributed by atoms with Crippen molar-refractivity contribution < 1.29 is 9.59 Å². The number of carbonyl (C=O) groups is 2. The third kappa shape index (κ3) is 3.83. The van der Waals surface area contributed by atoms with Crippen molar-refractivity contribution >= 4 is 28.9 Å². The third-order valence-electron chi connectivity index (χ3n) is 4.33. The molecule has 1 atom stereocenters. The minimum Gasteiger partial charge on any atom is -0.356 e. The van der Waals surface area contributed by atoms with Crippen LogP contribution >= 0.6 is 0 Å². The summed E-state index contributed by atoms with van der Waals surface area (Å²) in [6.45, 7) is 2.37. The van der Waals surface area contributed by atoms with Crippen LogP contribution < -0.4 is 15.5 Å². The number of rotatable bonds is 5. The number of hydrogen-bond acceptors (Lipinski definition) is 4. The molecule has 1 aliphatic heterocycles. The summed E-state index contributed by atoms with van der Waals surface area (Å²) in [4.78, 5) is 26.8. The standard InChI is InChI=1S/C20H20N4O2/c1-14-7-9-15(10-8-14)22-19(25)13-18-20(26)23-16-5-2-3-6-17(16)24(18)12-4-11-21/h2-3,5-10,18H,4,12-13H2,1H3,(H,22,25)(H,23,26). The van der Waals surface area contributed by atoms with E-state index in [-0.39, 0.29) is 24.7 Å². The predicted molar refractivity (Wildman–Crippen MR) is 101 cm³/mol. The Morgan fingerprint density at radius 3 is 2.69 bits per heavy atom. The number of aryl methyl sites for hydroxylation is 1. The summed E-state index contributed by atoms with van der Waals surface area (Å²) >= 11 is 0. The van der Waals surface area contributed by atoms with Gasteiger partial charge >= 0.3 is 0 Å². The van der Waals surface area contributed by atoms with Crippen molar-refractivity contribution in [1.82, 2.24) is 0 Å². The Morgan fingerprint density at radius 2 is 1.96 bits per heavy atom. The number of anilines is 3. The van der Waals surface area contributed by atoms with Crippen LogP contribution in [0.15, 0.2) is 48.5 Å². The van der Waals surface area contributed by atoms with E-state index < -0.39 is 6.04 Å². The molecule has 0 bridgehead atoms. The number of para-hydroxylation sites is 2. The quantitative estimate of drug-likeness (QED) is 0.869. The molecule has 0 aliphatic carbocycles. The first-order chi connectivity index (χ1) is 12.6. The van der Waals surface area contributed by atoms with Crippen molar-refractivity contribution in [2.24, 2.45) is 0 Å². The normalized spacial score (nSPS) is 15.6. The van der Waals surface area contributed by atoms with Crippen LogP contribution in [-0.2, 0) is 9.59 Å². The maximum atomic E-state index is 12.5. The highest BCUT2D eigenvalue weighted by Crippen LogP contribution is 2.32. The van der Waals surface area contributed by atoms with E-state index in [0.29, 0.717) is 17.9 Å². The Labute approximate surface area is 152 Å². The van der Waals surface area contributed by atoms with Crippen molar-refractivity contribution in [3.63, 3.8) is 0 Å². The van der Waals surface area contributed by atoms with Gasteiger partial charge in [0.25, 0.3) is 0 Å². The molecular weight excluding hydrogens is 328 g/mol. The van der Waals surface area contributed by atoms with Crippen LogP contribution in [0.2, 0.25) is 0 Å². The van der Waals surface area contributed by atoms with Gasteiger partial charge in [-0.05, 0) is 31.2 Å². The van der Waals surface area contributed by atoms with Gasteiger partial charge in [-0.2, -0.15) is 5.26 Å². The number of fused-ring (bicyclic) bond motifs is 1. The molecule has 2 amide bonds. The Hall–Kier alpha value is -3.33. The first-order valence-corrected chi connectivity index (χ1v) is 8.48. The summed E-state index contributed by atoms with van der Waals surface area (Å²) in [5.41, 5.74) is 3.33. The van der Waals surface area contributed by atoms with Gasteiger partial charge < -0.3 is 15.5 Å². The van der Waals surface area contributed by atoms with Crippen LogP contribution in [0.25, 0.3) is 0 Å². The molecule has 0 radical (unpaired) electrons. The van der Waals surface area contributed by atoms with Gasteiger partial charge in [0.15, 0.2) is 0 Å². The van der Waals surface area contributed by atoms with E-state index in [1.165, 1.54) is 0 Å². The first kappa shape index (κ1) is 17.5. The number of nitrogens with one attached hydrogen (secondary N) is 2. The largest absolute Gasteiger partial charge is 0.356 e. The Morgan fingerprint density at radius 1 is 1.23 bits per heavy atom. The molecule has 6 heteroatoms. The van der Waals surface area contributed by atoms with Crippen LogP contribution in [-0.4, -0.2) is 24.4 Å². The van der Waals surface area contributed by atoms with Crippen molar-refractivity contribution in [3.8, 4) is 6.07 Å². The van der Waals surface area contributed by atoms with E-state index in [2.05, 4.69) is 16.7 Å². The monoisotopic (exact) mass is 348 g/mol. The molecule has 132 valence electrons. The smallest absolute Gasteiger partial charge is 0.247 e. The zero-order chi connectivity index (χ0) is 18.5. The van der Waals surface area contributed by atoms with Gasteiger partial charge in [0.05, 0.1) is 30.3 Å². The van der Waals surface area contributed by atoms with Gasteiger partial charge in [0.1, 0.15) is 6.04 Å². The highest BCUT2D eigenvalue weighted by Gasteiger charge is 2.34. The summed E-state index contributed by atoms with van der Waals surface area (Å²) in [5, 5.41) is 14.6. The van der Waals surface area contributed by atoms with Crippen LogP contribution in [0.1, 0.15) is 18.4 Å². The lowest BCUT2D eigenvalue weighted by Gasteiger charge is -2.37. The summed E-state index contributed by atoms with van der Waals surface area (Å²) in [6.07, 6.45) is 0.289. The molecule has 2 N–H and O–H groups in total. The molecule has 0 saturated heterocycles. The molecule has 26 heavy (non-hydrogen) atoms. The average Bonchev–Trinajstić information content (AvgIpc) is 2.63. The van der Waals surface area contributed by atoms with Gasteiger partial charge in [-0.3, -0.25) is 9.59 Å². The molecule has 1 heterocycles. The van der Waals surface area contributed by atoms with Crippen molar-refractivity contribution in [1.29, 1.82) is 5.26 Å². The highest BCUT2D eigenvalue weighted by molar-refractivity contribution is 6.06. The number of benzene rings is 2. The van der Waals surface area contributed by atoms with Gasteiger partial charge in [-0.15, -0.1) is 0 Å². The van der Waals surface area contributed by atoms with Crippen molar-refractivity contribution in [2.45, 2.75) is 25.8 Å². The second-order valence-corrected chi connectivity index (χ2v) is 6.24.